The highest BCUT2D eigenvalue weighted by molar-refractivity contribution is 6.32. The first-order valence-electron chi connectivity index (χ1n) is 14.9. The number of nitrogens with zero attached hydrogens (tertiary/aromatic N) is 8. The molecule has 48 heavy (non-hydrogen) atoms. The van der Waals surface area contributed by atoms with Crippen molar-refractivity contribution < 1.29 is 22.7 Å². The van der Waals surface area contributed by atoms with Crippen molar-refractivity contribution in [3.05, 3.63) is 83.7 Å². The smallest absolute Gasteiger partial charge is 0.420 e. The van der Waals surface area contributed by atoms with Crippen molar-refractivity contribution in [2.45, 2.75) is 50.5 Å². The highest BCUT2D eigenvalue weighted by Gasteiger charge is 2.37. The minimum absolute atomic E-state index is 0.00440. The van der Waals surface area contributed by atoms with Crippen LogP contribution in [0, 0.1) is 0 Å². The normalized spacial score (nSPS) is 16.3. The van der Waals surface area contributed by atoms with Gasteiger partial charge in [-0.3, -0.25) is 15.0 Å². The van der Waals surface area contributed by atoms with Crippen molar-refractivity contribution in [1.82, 2.24) is 45.4 Å². The molecular weight excluding hydrogens is 651 g/mol. The minimum Gasteiger partial charge on any atom is -0.467 e. The lowest BCUT2D eigenvalue weighted by Gasteiger charge is -2.36. The van der Waals surface area contributed by atoms with Gasteiger partial charge in [0.05, 0.1) is 36.4 Å². The molecule has 13 nitrogen and oxygen atoms in total. The Labute approximate surface area is 277 Å². The van der Waals surface area contributed by atoms with Gasteiger partial charge in [-0.2, -0.15) is 18.3 Å². The van der Waals surface area contributed by atoms with Crippen LogP contribution in [0.25, 0.3) is 22.6 Å². The molecule has 6 rings (SSSR count). The molecule has 1 saturated carbocycles. The number of hydrogen-bond acceptors (Lipinski definition) is 10. The summed E-state index contributed by atoms with van der Waals surface area (Å²) < 4.78 is 46.2. The van der Waals surface area contributed by atoms with Crippen LogP contribution in [0.3, 0.4) is 0 Å². The van der Waals surface area contributed by atoms with E-state index in [1.807, 2.05) is 30.3 Å². The third-order valence-corrected chi connectivity index (χ3v) is 8.10. The van der Waals surface area contributed by atoms with E-state index in [0.29, 0.717) is 49.3 Å². The molecule has 0 bridgehead atoms. The number of carbonyl (C=O) groups is 1. The van der Waals surface area contributed by atoms with Gasteiger partial charge in [-0.05, 0) is 31.2 Å². The van der Waals surface area contributed by atoms with Crippen LogP contribution in [-0.2, 0) is 12.7 Å². The Balaban J connectivity index is 1.18. The van der Waals surface area contributed by atoms with E-state index >= 15 is 0 Å². The van der Waals surface area contributed by atoms with E-state index < -0.39 is 17.4 Å². The van der Waals surface area contributed by atoms with Gasteiger partial charge in [0.1, 0.15) is 17.0 Å². The second-order valence-electron chi connectivity index (χ2n) is 10.9. The van der Waals surface area contributed by atoms with Gasteiger partial charge >= 0.3 is 18.2 Å². The number of methoxy groups -OCH3 is 1. The van der Waals surface area contributed by atoms with Gasteiger partial charge in [0.25, 0.3) is 0 Å². The summed E-state index contributed by atoms with van der Waals surface area (Å²) >= 11 is 6.07. The average molecular weight is 680 g/mol. The molecule has 248 valence electrons. The molecule has 0 atom stereocenters. The summed E-state index contributed by atoms with van der Waals surface area (Å²) in [5.41, 5.74) is 0.595. The van der Waals surface area contributed by atoms with Crippen LogP contribution in [0.4, 0.5) is 29.7 Å². The maximum atomic E-state index is 13.7. The predicted octanol–water partition coefficient (Wildman–Crippen LogP) is 5.93. The summed E-state index contributed by atoms with van der Waals surface area (Å²) in [6.45, 7) is 0.315. The number of urea groups is 1. The fourth-order valence-corrected chi connectivity index (χ4v) is 5.59. The lowest BCUT2D eigenvalue weighted by Crippen LogP contribution is -2.49. The maximum Gasteiger partial charge on any atom is 0.420 e. The lowest BCUT2D eigenvalue weighted by molar-refractivity contribution is -0.137. The van der Waals surface area contributed by atoms with Gasteiger partial charge < -0.3 is 15.4 Å². The highest BCUT2D eigenvalue weighted by Crippen LogP contribution is 2.38. The molecule has 17 heteroatoms. The van der Waals surface area contributed by atoms with Crippen molar-refractivity contribution in [2.75, 3.05) is 17.3 Å². The monoisotopic (exact) mass is 679 g/mol. The number of halogens is 4. The van der Waals surface area contributed by atoms with E-state index in [2.05, 4.69) is 50.7 Å². The Morgan fingerprint density at radius 3 is 2.35 bits per heavy atom. The molecule has 1 aromatic carbocycles. The third-order valence-electron chi connectivity index (χ3n) is 7.82. The number of alkyl halides is 3. The van der Waals surface area contributed by atoms with E-state index in [9.17, 15) is 18.0 Å². The van der Waals surface area contributed by atoms with Crippen LogP contribution in [0.1, 0.15) is 36.8 Å². The number of nitrogens with one attached hydrogen (secondary N) is 3. The van der Waals surface area contributed by atoms with E-state index in [1.165, 1.54) is 19.5 Å². The number of anilines is 2. The number of ether oxygens (including phenoxy) is 1. The number of carbonyl (C=O) groups excluding carboxylic acids is 1. The largest absolute Gasteiger partial charge is 0.467 e. The van der Waals surface area contributed by atoms with Crippen molar-refractivity contribution in [3.63, 3.8) is 0 Å². The molecule has 0 spiro atoms. The second-order valence-corrected chi connectivity index (χ2v) is 11.3. The molecule has 0 radical (unpaired) electrons. The SMILES string of the molecule is COc1ncc(-c2cnc(N(C(=O)NCc3ccccc3)C3CCC(Nc4ncc(C(F)(F)F)c(-c5[nH]ncc5Cl)n4)CC3)cn2)cn1. The number of amides is 2. The Hall–Kier alpha value is -5.38. The van der Waals surface area contributed by atoms with Crippen molar-refractivity contribution in [3.8, 4) is 28.7 Å². The van der Waals surface area contributed by atoms with Gasteiger partial charge in [-0.25, -0.2) is 29.7 Å². The van der Waals surface area contributed by atoms with Crippen molar-refractivity contribution in [2.24, 2.45) is 0 Å². The molecule has 4 heterocycles. The van der Waals surface area contributed by atoms with Crippen molar-refractivity contribution in [1.29, 1.82) is 0 Å². The fourth-order valence-electron chi connectivity index (χ4n) is 5.41. The average Bonchev–Trinajstić information content (AvgIpc) is 3.54. The maximum absolute atomic E-state index is 13.7. The molecule has 1 aliphatic rings. The lowest BCUT2D eigenvalue weighted by atomic mass is 9.90. The molecule has 1 aliphatic carbocycles. The third kappa shape index (κ3) is 7.43. The van der Waals surface area contributed by atoms with Gasteiger partial charge in [0.2, 0.25) is 5.95 Å². The first-order valence-corrected chi connectivity index (χ1v) is 15.3. The van der Waals surface area contributed by atoms with E-state index in [0.717, 1.165) is 11.8 Å². The molecule has 0 saturated heterocycles. The Kier molecular flexibility index (Phi) is 9.61. The van der Waals surface area contributed by atoms with E-state index in [-0.39, 0.29) is 40.8 Å². The van der Waals surface area contributed by atoms with Gasteiger partial charge in [0, 0.05) is 42.8 Å². The second kappa shape index (κ2) is 14.2. The van der Waals surface area contributed by atoms with Gasteiger partial charge in [-0.1, -0.05) is 41.9 Å². The summed E-state index contributed by atoms with van der Waals surface area (Å²) in [5, 5.41) is 12.4. The van der Waals surface area contributed by atoms with E-state index in [4.69, 9.17) is 16.3 Å². The first-order chi connectivity index (χ1) is 23.2. The zero-order chi connectivity index (χ0) is 33.7. The highest BCUT2D eigenvalue weighted by atomic mass is 35.5. The zero-order valence-corrected chi connectivity index (χ0v) is 26.2. The number of benzene rings is 1. The van der Waals surface area contributed by atoms with Crippen LogP contribution >= 0.6 is 11.6 Å². The molecule has 3 N–H and O–H groups in total. The number of H-pyrrole nitrogens is 1. The Morgan fingerprint density at radius 1 is 0.979 bits per heavy atom. The summed E-state index contributed by atoms with van der Waals surface area (Å²) in [7, 11) is 1.47. The standard InChI is InChI=1S/C31H29ClF3N11O2/c1-48-29-39-12-19(13-40-29)24-16-37-25(17-36-24)46(30(47)41-11-18-5-3-2-4-6-18)21-9-7-20(8-10-21)43-28-38-14-22(31(33,34)35)26(44-28)27-23(32)15-42-45-27/h2-6,12-17,20-21H,7-11H2,1H3,(H,41,47)(H,42,45)(H,38,43,44). The topological polar surface area (TPSA) is 160 Å². The Morgan fingerprint density at radius 2 is 1.73 bits per heavy atom. The van der Waals surface area contributed by atoms with Crippen LogP contribution in [0.5, 0.6) is 6.01 Å². The number of aromatic amines is 1. The number of hydrogen-bond donors (Lipinski definition) is 3. The molecule has 1 fully saturated rings. The Bertz CT molecular complexity index is 1830. The molecule has 2 amide bonds. The van der Waals surface area contributed by atoms with Gasteiger partial charge in [-0.15, -0.1) is 0 Å². The fraction of sp³-hybridized carbons (Fsp3) is 0.290. The quantitative estimate of drug-likeness (QED) is 0.170. The first kappa shape index (κ1) is 32.6. The van der Waals surface area contributed by atoms with Crippen LogP contribution < -0.4 is 20.3 Å². The zero-order valence-electron chi connectivity index (χ0n) is 25.4. The summed E-state index contributed by atoms with van der Waals surface area (Å²) in [5.74, 6) is 0.385. The minimum atomic E-state index is -4.70. The van der Waals surface area contributed by atoms with Crippen LogP contribution in [0.15, 0.2) is 67.5 Å². The van der Waals surface area contributed by atoms with Crippen molar-refractivity contribution >= 4 is 29.4 Å². The van der Waals surface area contributed by atoms with E-state index in [1.54, 1.807) is 23.5 Å². The van der Waals surface area contributed by atoms with Crippen LogP contribution in [0.2, 0.25) is 5.02 Å². The molecule has 4 aromatic heterocycles. The molecule has 0 unspecified atom stereocenters. The number of rotatable bonds is 9. The molecule has 0 aliphatic heterocycles. The van der Waals surface area contributed by atoms with Gasteiger partial charge in [0.15, 0.2) is 5.82 Å². The summed E-state index contributed by atoms with van der Waals surface area (Å²) in [6, 6.07) is 9.01. The predicted molar refractivity (Wildman–Crippen MR) is 170 cm³/mol. The molecular formula is C31H29ClF3N11O2. The summed E-state index contributed by atoms with van der Waals surface area (Å²) in [4.78, 5) is 40.7. The summed E-state index contributed by atoms with van der Waals surface area (Å²) in [6.07, 6.45) is 5.74. The number of aromatic nitrogens is 8. The molecule has 5 aromatic rings. The van der Waals surface area contributed by atoms with Crippen LogP contribution in [-0.4, -0.2) is 65.3 Å².